The van der Waals surface area contributed by atoms with Crippen molar-refractivity contribution in [3.8, 4) is 0 Å². The average molecular weight is 300 g/mol. The Bertz CT molecular complexity index is 672. The van der Waals surface area contributed by atoms with Crippen molar-refractivity contribution in [2.24, 2.45) is 5.73 Å². The Morgan fingerprint density at radius 2 is 1.86 bits per heavy atom. The number of aromatic nitrogens is 1. The van der Waals surface area contributed by atoms with Crippen LogP contribution in [0.2, 0.25) is 0 Å². The van der Waals surface area contributed by atoms with Crippen LogP contribution in [0.5, 0.6) is 0 Å². The normalized spacial score (nSPS) is 23.9. The second-order valence-electron chi connectivity index (χ2n) is 6.78. The van der Waals surface area contributed by atoms with Crippen LogP contribution in [0.25, 0.3) is 0 Å². The lowest BCUT2D eigenvalue weighted by Gasteiger charge is -2.42. The monoisotopic (exact) mass is 300 g/mol. The summed E-state index contributed by atoms with van der Waals surface area (Å²) >= 11 is 1.77. The minimum atomic E-state index is -0.422. The molecule has 3 rings (SSSR count). The molecule has 1 unspecified atom stereocenters. The molecule has 0 aliphatic heterocycles. The molecule has 1 heterocycles. The van der Waals surface area contributed by atoms with E-state index in [0.717, 1.165) is 24.3 Å². The summed E-state index contributed by atoms with van der Waals surface area (Å²) in [4.78, 5) is 6.17. The smallest absolute Gasteiger partial charge is 0.118 e. The summed E-state index contributed by atoms with van der Waals surface area (Å²) in [6.07, 6.45) is 3.04. The van der Waals surface area contributed by atoms with Gasteiger partial charge in [-0.1, -0.05) is 45.0 Å². The molecule has 21 heavy (non-hydrogen) atoms. The summed E-state index contributed by atoms with van der Waals surface area (Å²) in [6.45, 7) is 8.95. The van der Waals surface area contributed by atoms with Gasteiger partial charge in [-0.15, -0.1) is 11.3 Å². The van der Waals surface area contributed by atoms with Crippen molar-refractivity contribution in [3.63, 3.8) is 0 Å². The third-order valence-corrected chi connectivity index (χ3v) is 6.08. The van der Waals surface area contributed by atoms with Gasteiger partial charge >= 0.3 is 0 Å². The van der Waals surface area contributed by atoms with Gasteiger partial charge in [-0.2, -0.15) is 0 Å². The van der Waals surface area contributed by atoms with Crippen molar-refractivity contribution >= 4 is 11.3 Å². The van der Waals surface area contributed by atoms with Crippen LogP contribution in [0, 0.1) is 6.92 Å². The van der Waals surface area contributed by atoms with Gasteiger partial charge in [0.15, 0.2) is 0 Å². The van der Waals surface area contributed by atoms with E-state index in [0.29, 0.717) is 0 Å². The van der Waals surface area contributed by atoms with Gasteiger partial charge in [-0.3, -0.25) is 0 Å². The van der Waals surface area contributed by atoms with Gasteiger partial charge < -0.3 is 5.73 Å². The fourth-order valence-corrected chi connectivity index (χ4v) is 4.56. The van der Waals surface area contributed by atoms with Crippen LogP contribution in [-0.2, 0) is 17.4 Å². The van der Waals surface area contributed by atoms with Crippen LogP contribution >= 0.6 is 11.3 Å². The number of aryl methyl sites for hydroxylation is 2. The number of nitrogens with two attached hydrogens (primary N) is 1. The summed E-state index contributed by atoms with van der Waals surface area (Å²) in [6, 6.07) is 8.65. The van der Waals surface area contributed by atoms with Crippen molar-refractivity contribution in [2.45, 2.75) is 57.9 Å². The molecule has 2 aromatic rings. The Kier molecular flexibility index (Phi) is 3.45. The summed E-state index contributed by atoms with van der Waals surface area (Å²) in [7, 11) is 0. The van der Waals surface area contributed by atoms with Crippen molar-refractivity contribution in [1.82, 2.24) is 4.98 Å². The van der Waals surface area contributed by atoms with E-state index >= 15 is 0 Å². The number of hydrogen-bond acceptors (Lipinski definition) is 3. The number of benzene rings is 1. The highest BCUT2D eigenvalue weighted by atomic mass is 32.1. The van der Waals surface area contributed by atoms with E-state index in [-0.39, 0.29) is 5.41 Å². The minimum Gasteiger partial charge on any atom is -0.316 e. The minimum absolute atomic E-state index is 0.194. The highest BCUT2D eigenvalue weighted by Crippen LogP contribution is 2.47. The average Bonchev–Trinajstić information content (AvgIpc) is 2.86. The van der Waals surface area contributed by atoms with Gasteiger partial charge in [0.05, 0.1) is 11.2 Å². The Labute approximate surface area is 131 Å². The number of nitrogens with zero attached hydrogens (tertiary/aromatic N) is 1. The van der Waals surface area contributed by atoms with Crippen molar-refractivity contribution in [2.75, 3.05) is 0 Å². The molecule has 1 aromatic heterocycles. The topological polar surface area (TPSA) is 38.9 Å². The van der Waals surface area contributed by atoms with Gasteiger partial charge in [-0.05, 0) is 42.7 Å². The first-order valence-electron chi connectivity index (χ1n) is 7.74. The van der Waals surface area contributed by atoms with Crippen LogP contribution in [0.1, 0.15) is 60.3 Å². The Balaban J connectivity index is 2.17. The largest absolute Gasteiger partial charge is 0.316 e. The molecule has 0 saturated heterocycles. The molecule has 2 N–H and O–H groups in total. The maximum absolute atomic E-state index is 6.90. The lowest BCUT2D eigenvalue weighted by molar-refractivity contribution is 0.337. The second-order valence-corrected chi connectivity index (χ2v) is 7.98. The molecular formula is C18H24N2S. The van der Waals surface area contributed by atoms with Gasteiger partial charge in [0.1, 0.15) is 5.01 Å². The SMILES string of the molecule is CCc1nc(C2(N)CCC(C)(C)c3ccccc32)sc1C. The third kappa shape index (κ3) is 2.23. The van der Waals surface area contributed by atoms with E-state index in [4.69, 9.17) is 10.7 Å². The van der Waals surface area contributed by atoms with E-state index in [2.05, 4.69) is 52.0 Å². The zero-order valence-electron chi connectivity index (χ0n) is 13.4. The van der Waals surface area contributed by atoms with Crippen LogP contribution in [-0.4, -0.2) is 4.98 Å². The summed E-state index contributed by atoms with van der Waals surface area (Å²) in [5.41, 5.74) is 10.5. The first kappa shape index (κ1) is 14.7. The summed E-state index contributed by atoms with van der Waals surface area (Å²) in [5.74, 6) is 0. The standard InChI is InChI=1S/C18H24N2S/c1-5-15-12(2)21-16(20-15)18(19)11-10-17(3,4)13-8-6-7-9-14(13)18/h6-9H,5,10-11,19H2,1-4H3. The van der Waals surface area contributed by atoms with Crippen molar-refractivity contribution < 1.29 is 0 Å². The van der Waals surface area contributed by atoms with E-state index in [1.165, 1.54) is 21.7 Å². The van der Waals surface area contributed by atoms with Crippen LogP contribution in [0.15, 0.2) is 24.3 Å². The van der Waals surface area contributed by atoms with E-state index in [1.54, 1.807) is 11.3 Å². The zero-order chi connectivity index (χ0) is 15.3. The quantitative estimate of drug-likeness (QED) is 0.898. The number of rotatable bonds is 2. The Morgan fingerprint density at radius 3 is 2.48 bits per heavy atom. The van der Waals surface area contributed by atoms with Crippen LogP contribution in [0.3, 0.4) is 0 Å². The lowest BCUT2D eigenvalue weighted by Crippen LogP contribution is -2.45. The fourth-order valence-electron chi connectivity index (χ4n) is 3.41. The third-order valence-electron chi connectivity index (χ3n) is 4.89. The summed E-state index contributed by atoms with van der Waals surface area (Å²) < 4.78 is 0. The lowest BCUT2D eigenvalue weighted by atomic mass is 9.66. The second kappa shape index (κ2) is 4.92. The highest BCUT2D eigenvalue weighted by Gasteiger charge is 2.43. The fraction of sp³-hybridized carbons (Fsp3) is 0.500. The molecule has 0 saturated carbocycles. The zero-order valence-corrected chi connectivity index (χ0v) is 14.2. The number of hydrogen-bond donors (Lipinski definition) is 1. The Morgan fingerprint density at radius 1 is 1.19 bits per heavy atom. The molecular weight excluding hydrogens is 276 g/mol. The molecule has 1 aliphatic rings. The molecule has 0 bridgehead atoms. The Hall–Kier alpha value is -1.19. The molecule has 0 amide bonds. The molecule has 1 aromatic carbocycles. The number of fused-ring (bicyclic) bond motifs is 1. The van der Waals surface area contributed by atoms with E-state index in [9.17, 15) is 0 Å². The first-order valence-corrected chi connectivity index (χ1v) is 8.56. The molecule has 112 valence electrons. The van der Waals surface area contributed by atoms with Gasteiger partial charge in [0.25, 0.3) is 0 Å². The van der Waals surface area contributed by atoms with Gasteiger partial charge in [0, 0.05) is 4.88 Å². The van der Waals surface area contributed by atoms with Gasteiger partial charge in [0.2, 0.25) is 0 Å². The molecule has 1 atom stereocenters. The van der Waals surface area contributed by atoms with Crippen molar-refractivity contribution in [1.29, 1.82) is 0 Å². The van der Waals surface area contributed by atoms with Gasteiger partial charge in [-0.25, -0.2) is 4.98 Å². The van der Waals surface area contributed by atoms with E-state index in [1.807, 2.05) is 0 Å². The maximum Gasteiger partial charge on any atom is 0.118 e. The highest BCUT2D eigenvalue weighted by molar-refractivity contribution is 7.11. The molecule has 0 fully saturated rings. The molecule has 1 aliphatic carbocycles. The predicted octanol–water partition coefficient (Wildman–Crippen LogP) is 4.29. The maximum atomic E-state index is 6.90. The van der Waals surface area contributed by atoms with Crippen LogP contribution < -0.4 is 5.73 Å². The first-order chi connectivity index (χ1) is 9.88. The molecule has 0 spiro atoms. The predicted molar refractivity (Wildman–Crippen MR) is 89.9 cm³/mol. The van der Waals surface area contributed by atoms with E-state index < -0.39 is 5.54 Å². The molecule has 3 heteroatoms. The summed E-state index contributed by atoms with van der Waals surface area (Å²) in [5, 5.41) is 1.08. The number of thiazole rings is 1. The van der Waals surface area contributed by atoms with Crippen molar-refractivity contribution in [3.05, 3.63) is 51.0 Å². The van der Waals surface area contributed by atoms with Crippen LogP contribution in [0.4, 0.5) is 0 Å². The molecule has 2 nitrogen and oxygen atoms in total. The molecule has 0 radical (unpaired) electrons.